The number of ether oxygens (including phenoxy) is 1. The lowest BCUT2D eigenvalue weighted by Gasteiger charge is -2.32. The van der Waals surface area contributed by atoms with Crippen LogP contribution in [0.25, 0.3) is 0 Å². The lowest BCUT2D eigenvalue weighted by atomic mass is 10.1. The predicted molar refractivity (Wildman–Crippen MR) is 79.1 cm³/mol. The second kappa shape index (κ2) is 6.11. The molecule has 1 fully saturated rings. The Balaban J connectivity index is 2.32. The molecular formula is C13H18N4O2S. The van der Waals surface area contributed by atoms with Crippen LogP contribution in [0.15, 0.2) is 0 Å². The van der Waals surface area contributed by atoms with E-state index < -0.39 is 0 Å². The van der Waals surface area contributed by atoms with E-state index in [1.54, 1.807) is 14.2 Å². The molecule has 0 spiro atoms. The van der Waals surface area contributed by atoms with Crippen LogP contribution in [0.4, 0.5) is 10.7 Å². The third-order valence-corrected chi connectivity index (χ3v) is 4.72. The molecular weight excluding hydrogens is 276 g/mol. The fraction of sp³-hybridized carbons (Fsp3) is 0.538. The van der Waals surface area contributed by atoms with Gasteiger partial charge in [0.25, 0.3) is 5.91 Å². The molecule has 1 amide bonds. The van der Waals surface area contributed by atoms with E-state index in [9.17, 15) is 4.79 Å². The predicted octanol–water partition coefficient (Wildman–Crippen LogP) is 1.18. The zero-order valence-corrected chi connectivity index (χ0v) is 12.4. The number of thiophene rings is 1. The molecule has 3 N–H and O–H groups in total. The van der Waals surface area contributed by atoms with Gasteiger partial charge in [-0.15, -0.1) is 11.3 Å². The molecule has 1 aliphatic heterocycles. The van der Waals surface area contributed by atoms with Crippen LogP contribution in [0.3, 0.4) is 0 Å². The number of hydrogen-bond acceptors (Lipinski definition) is 6. The number of hydrogen-bond donors (Lipinski definition) is 2. The molecule has 108 valence electrons. The van der Waals surface area contributed by atoms with Gasteiger partial charge in [-0.2, -0.15) is 5.26 Å². The summed E-state index contributed by atoms with van der Waals surface area (Å²) in [6, 6.07) is 2.06. The van der Waals surface area contributed by atoms with Gasteiger partial charge >= 0.3 is 0 Å². The molecule has 20 heavy (non-hydrogen) atoms. The molecule has 0 bridgehead atoms. The van der Waals surface area contributed by atoms with Crippen LogP contribution in [0.1, 0.15) is 28.1 Å². The number of anilines is 2. The van der Waals surface area contributed by atoms with Gasteiger partial charge in [0.2, 0.25) is 0 Å². The summed E-state index contributed by atoms with van der Waals surface area (Å²) in [5.74, 6) is -0.246. The number of rotatable bonds is 3. The minimum absolute atomic E-state index is 0.246. The van der Waals surface area contributed by atoms with E-state index in [4.69, 9.17) is 15.7 Å². The van der Waals surface area contributed by atoms with Gasteiger partial charge in [-0.1, -0.05) is 0 Å². The van der Waals surface area contributed by atoms with Gasteiger partial charge in [0.05, 0.1) is 17.4 Å². The van der Waals surface area contributed by atoms with E-state index in [1.165, 1.54) is 11.3 Å². The maximum absolute atomic E-state index is 12.0. The van der Waals surface area contributed by atoms with Crippen LogP contribution in [-0.2, 0) is 4.74 Å². The van der Waals surface area contributed by atoms with Gasteiger partial charge in [0, 0.05) is 27.2 Å². The number of carbonyl (C=O) groups is 1. The first kappa shape index (κ1) is 14.6. The Kier molecular flexibility index (Phi) is 4.47. The van der Waals surface area contributed by atoms with Gasteiger partial charge in [0.1, 0.15) is 15.9 Å². The summed E-state index contributed by atoms with van der Waals surface area (Å²) in [7, 11) is 3.28. The van der Waals surface area contributed by atoms with Gasteiger partial charge in [0.15, 0.2) is 0 Å². The Labute approximate surface area is 122 Å². The lowest BCUT2D eigenvalue weighted by molar-refractivity contribution is 0.0819. The minimum Gasteiger partial charge on any atom is -0.396 e. The minimum atomic E-state index is -0.246. The van der Waals surface area contributed by atoms with Crippen molar-refractivity contribution in [2.24, 2.45) is 0 Å². The maximum Gasteiger partial charge on any atom is 0.256 e. The number of nitrogen functional groups attached to an aromatic ring is 1. The average molecular weight is 294 g/mol. The molecule has 0 atom stereocenters. The summed E-state index contributed by atoms with van der Waals surface area (Å²) in [4.78, 5) is 14.5. The smallest absolute Gasteiger partial charge is 0.256 e. The standard InChI is InChI=1S/C13H18N4O2S/c1-16-12(18)10-11(15)9(7-14)20-13(10)17-5-3-8(19-2)4-6-17/h8H,3-6,15H2,1-2H3,(H,16,18). The molecule has 2 rings (SSSR count). The molecule has 0 saturated carbocycles. The summed E-state index contributed by atoms with van der Waals surface area (Å²) in [5, 5.41) is 12.5. The zero-order chi connectivity index (χ0) is 14.7. The molecule has 1 aliphatic rings. The number of nitrogens with two attached hydrogens (primary N) is 1. The Hall–Kier alpha value is -1.78. The van der Waals surface area contributed by atoms with Gasteiger partial charge in [-0.3, -0.25) is 4.79 Å². The molecule has 0 radical (unpaired) electrons. The van der Waals surface area contributed by atoms with Crippen molar-refractivity contribution in [3.05, 3.63) is 10.4 Å². The van der Waals surface area contributed by atoms with Crippen LogP contribution >= 0.6 is 11.3 Å². The van der Waals surface area contributed by atoms with Crippen molar-refractivity contribution in [3.8, 4) is 6.07 Å². The second-order valence-electron chi connectivity index (χ2n) is 4.64. The van der Waals surface area contributed by atoms with E-state index in [-0.39, 0.29) is 17.7 Å². The first-order valence-electron chi connectivity index (χ1n) is 6.44. The third kappa shape index (κ3) is 2.57. The highest BCUT2D eigenvalue weighted by molar-refractivity contribution is 7.17. The van der Waals surface area contributed by atoms with E-state index in [0.717, 1.165) is 30.9 Å². The van der Waals surface area contributed by atoms with Crippen molar-refractivity contribution in [2.45, 2.75) is 18.9 Å². The quantitative estimate of drug-likeness (QED) is 0.873. The molecule has 0 aliphatic carbocycles. The number of nitrogens with one attached hydrogen (secondary N) is 1. The van der Waals surface area contributed by atoms with Crippen LogP contribution in [-0.4, -0.2) is 39.3 Å². The van der Waals surface area contributed by atoms with Crippen molar-refractivity contribution in [1.29, 1.82) is 5.26 Å². The largest absolute Gasteiger partial charge is 0.396 e. The van der Waals surface area contributed by atoms with Crippen molar-refractivity contribution in [3.63, 3.8) is 0 Å². The van der Waals surface area contributed by atoms with Gasteiger partial charge in [-0.05, 0) is 12.8 Å². The molecule has 1 saturated heterocycles. The average Bonchev–Trinajstić information content (AvgIpc) is 2.83. The number of amides is 1. The summed E-state index contributed by atoms with van der Waals surface area (Å²) < 4.78 is 5.34. The lowest BCUT2D eigenvalue weighted by Crippen LogP contribution is -2.37. The molecule has 1 aromatic heterocycles. The molecule has 0 unspecified atom stereocenters. The normalized spacial score (nSPS) is 15.9. The van der Waals surface area contributed by atoms with Crippen molar-refractivity contribution in [1.82, 2.24) is 5.32 Å². The summed E-state index contributed by atoms with van der Waals surface area (Å²) in [6.45, 7) is 1.60. The van der Waals surface area contributed by atoms with Crippen LogP contribution in [0, 0.1) is 11.3 Å². The molecule has 2 heterocycles. The monoisotopic (exact) mass is 294 g/mol. The maximum atomic E-state index is 12.0. The van der Waals surface area contributed by atoms with Gasteiger partial charge in [-0.25, -0.2) is 0 Å². The van der Waals surface area contributed by atoms with E-state index in [1.807, 2.05) is 0 Å². The third-order valence-electron chi connectivity index (χ3n) is 3.54. The van der Waals surface area contributed by atoms with Crippen molar-refractivity contribution >= 4 is 27.9 Å². The molecule has 0 aromatic carbocycles. The number of nitrogens with zero attached hydrogens (tertiary/aromatic N) is 2. The first-order chi connectivity index (χ1) is 9.62. The number of piperidine rings is 1. The fourth-order valence-corrected chi connectivity index (χ4v) is 3.44. The van der Waals surface area contributed by atoms with E-state index in [2.05, 4.69) is 16.3 Å². The summed E-state index contributed by atoms with van der Waals surface area (Å²) >= 11 is 1.28. The zero-order valence-electron chi connectivity index (χ0n) is 11.6. The van der Waals surface area contributed by atoms with E-state index >= 15 is 0 Å². The molecule has 7 heteroatoms. The number of methoxy groups -OCH3 is 1. The Morgan fingerprint density at radius 3 is 2.70 bits per heavy atom. The van der Waals surface area contributed by atoms with Crippen LogP contribution < -0.4 is 16.0 Å². The Bertz CT molecular complexity index is 541. The summed E-state index contributed by atoms with van der Waals surface area (Å²) in [6.07, 6.45) is 2.08. The summed E-state index contributed by atoms with van der Waals surface area (Å²) in [5.41, 5.74) is 6.63. The fourth-order valence-electron chi connectivity index (χ4n) is 2.38. The highest BCUT2D eigenvalue weighted by atomic mass is 32.1. The second-order valence-corrected chi connectivity index (χ2v) is 5.64. The van der Waals surface area contributed by atoms with Gasteiger partial charge < -0.3 is 20.7 Å². The van der Waals surface area contributed by atoms with Crippen molar-refractivity contribution in [2.75, 3.05) is 37.9 Å². The van der Waals surface area contributed by atoms with Crippen LogP contribution in [0.5, 0.6) is 0 Å². The first-order valence-corrected chi connectivity index (χ1v) is 7.26. The van der Waals surface area contributed by atoms with Crippen LogP contribution in [0.2, 0.25) is 0 Å². The number of carbonyl (C=O) groups excluding carboxylic acids is 1. The molecule has 6 nitrogen and oxygen atoms in total. The number of nitriles is 1. The highest BCUT2D eigenvalue weighted by Gasteiger charge is 2.28. The highest BCUT2D eigenvalue weighted by Crippen LogP contribution is 2.39. The van der Waals surface area contributed by atoms with E-state index in [0.29, 0.717) is 10.4 Å². The molecule has 1 aromatic rings. The topological polar surface area (TPSA) is 91.4 Å². The van der Waals surface area contributed by atoms with Crippen molar-refractivity contribution < 1.29 is 9.53 Å². The Morgan fingerprint density at radius 1 is 1.55 bits per heavy atom. The SMILES string of the molecule is CNC(=O)c1c(N2CCC(OC)CC2)sc(C#N)c1N. The Morgan fingerprint density at radius 2 is 2.20 bits per heavy atom.